The molecule has 4 heterocycles. The van der Waals surface area contributed by atoms with Crippen molar-refractivity contribution in [2.45, 2.75) is 17.7 Å². The van der Waals surface area contributed by atoms with Crippen LogP contribution in [0.5, 0.6) is 17.2 Å². The SMILES string of the molecule is O=C(Nc1nc2ccc(S(=O)(=O)N3CCCC3)cc2s1)c1cc2c(cc1OCCN1CCOCC1)OCO2. The van der Waals surface area contributed by atoms with E-state index in [2.05, 4.69) is 15.2 Å². The molecule has 0 unspecified atom stereocenters. The number of rotatable bonds is 8. The molecular formula is C25H28N4O7S2. The van der Waals surface area contributed by atoms with Gasteiger partial charge in [0.25, 0.3) is 5.91 Å². The minimum atomic E-state index is -3.54. The Morgan fingerprint density at radius 3 is 2.61 bits per heavy atom. The second-order valence-corrected chi connectivity index (χ2v) is 12.2. The zero-order valence-electron chi connectivity index (χ0n) is 20.7. The van der Waals surface area contributed by atoms with Crippen LogP contribution in [0.2, 0.25) is 0 Å². The number of ether oxygens (including phenoxy) is 4. The topological polar surface area (TPSA) is 120 Å². The summed E-state index contributed by atoms with van der Waals surface area (Å²) in [5, 5.41) is 3.20. The first-order valence-corrected chi connectivity index (χ1v) is 14.8. The molecule has 202 valence electrons. The number of morpholine rings is 1. The average molecular weight is 561 g/mol. The van der Waals surface area contributed by atoms with Crippen LogP contribution in [0.1, 0.15) is 23.2 Å². The lowest BCUT2D eigenvalue weighted by atomic mass is 10.1. The van der Waals surface area contributed by atoms with Crippen LogP contribution >= 0.6 is 11.3 Å². The second kappa shape index (κ2) is 10.7. The van der Waals surface area contributed by atoms with Gasteiger partial charge in [0.2, 0.25) is 16.8 Å². The van der Waals surface area contributed by atoms with E-state index in [-0.39, 0.29) is 11.7 Å². The molecule has 0 atom stereocenters. The monoisotopic (exact) mass is 560 g/mol. The smallest absolute Gasteiger partial charge is 0.261 e. The summed E-state index contributed by atoms with van der Waals surface area (Å²) in [5.74, 6) is 0.972. The number of amides is 1. The molecule has 6 rings (SSSR count). The van der Waals surface area contributed by atoms with Gasteiger partial charge in [-0.25, -0.2) is 13.4 Å². The van der Waals surface area contributed by atoms with E-state index >= 15 is 0 Å². The van der Waals surface area contributed by atoms with Crippen LogP contribution in [0.3, 0.4) is 0 Å². The number of anilines is 1. The summed E-state index contributed by atoms with van der Waals surface area (Å²) in [7, 11) is -3.54. The van der Waals surface area contributed by atoms with Crippen LogP contribution in [0.15, 0.2) is 35.2 Å². The van der Waals surface area contributed by atoms with Gasteiger partial charge in [0.05, 0.1) is 33.9 Å². The fraction of sp³-hybridized carbons (Fsp3) is 0.440. The number of thiazole rings is 1. The maximum absolute atomic E-state index is 13.3. The first-order valence-electron chi connectivity index (χ1n) is 12.6. The number of carbonyl (C=O) groups excluding carboxylic acids is 1. The summed E-state index contributed by atoms with van der Waals surface area (Å²) in [6.07, 6.45) is 1.74. The number of carbonyl (C=O) groups is 1. The van der Waals surface area contributed by atoms with Crippen molar-refractivity contribution in [1.29, 1.82) is 0 Å². The molecule has 0 spiro atoms. The molecule has 0 bridgehead atoms. The average Bonchev–Trinajstić information content (AvgIpc) is 3.69. The summed E-state index contributed by atoms with van der Waals surface area (Å²) < 4.78 is 50.5. The Kier molecular flexibility index (Phi) is 7.10. The summed E-state index contributed by atoms with van der Waals surface area (Å²) in [4.78, 5) is 20.3. The van der Waals surface area contributed by atoms with Gasteiger partial charge in [-0.2, -0.15) is 4.31 Å². The molecular weight excluding hydrogens is 532 g/mol. The van der Waals surface area contributed by atoms with Crippen LogP contribution < -0.4 is 19.5 Å². The summed E-state index contributed by atoms with van der Waals surface area (Å²) in [6, 6.07) is 8.14. The maximum atomic E-state index is 13.3. The van der Waals surface area contributed by atoms with E-state index in [1.165, 1.54) is 15.6 Å². The molecule has 1 amide bonds. The predicted molar refractivity (Wildman–Crippen MR) is 141 cm³/mol. The number of nitrogens with zero attached hydrogens (tertiary/aromatic N) is 3. The zero-order chi connectivity index (χ0) is 26.1. The molecule has 1 N–H and O–H groups in total. The minimum Gasteiger partial charge on any atom is -0.491 e. The fourth-order valence-corrected chi connectivity index (χ4v) is 7.21. The molecule has 38 heavy (non-hydrogen) atoms. The van der Waals surface area contributed by atoms with Crippen molar-refractivity contribution < 1.29 is 32.2 Å². The van der Waals surface area contributed by atoms with E-state index in [4.69, 9.17) is 18.9 Å². The first kappa shape index (κ1) is 25.3. The quantitative estimate of drug-likeness (QED) is 0.444. The third-order valence-corrected chi connectivity index (χ3v) is 9.60. The zero-order valence-corrected chi connectivity index (χ0v) is 22.3. The van der Waals surface area contributed by atoms with Gasteiger partial charge in [0.1, 0.15) is 12.4 Å². The highest BCUT2D eigenvalue weighted by Crippen LogP contribution is 2.39. The van der Waals surface area contributed by atoms with Gasteiger partial charge in [-0.15, -0.1) is 0 Å². The Labute approximate surface area is 224 Å². The lowest BCUT2D eigenvalue weighted by molar-refractivity contribution is 0.0322. The standard InChI is InChI=1S/C25H28N4O7S2/c30-24(18-14-21-22(36-16-35-21)15-20(18)34-12-9-28-7-10-33-11-8-28)27-25-26-19-4-3-17(13-23(19)37-25)38(31,32)29-5-1-2-6-29/h3-4,13-15H,1-2,5-12,16H2,(H,26,27,30). The molecule has 13 heteroatoms. The Morgan fingerprint density at radius 2 is 1.82 bits per heavy atom. The van der Waals surface area contributed by atoms with Crippen LogP contribution in [-0.4, -0.2) is 87.9 Å². The number of sulfonamides is 1. The van der Waals surface area contributed by atoms with Crippen molar-refractivity contribution in [3.05, 3.63) is 35.9 Å². The van der Waals surface area contributed by atoms with Gasteiger partial charge >= 0.3 is 0 Å². The Morgan fingerprint density at radius 1 is 1.05 bits per heavy atom. The Hall–Kier alpha value is -2.97. The van der Waals surface area contributed by atoms with Gasteiger partial charge in [-0.1, -0.05) is 11.3 Å². The van der Waals surface area contributed by atoms with E-state index < -0.39 is 15.9 Å². The second-order valence-electron chi connectivity index (χ2n) is 9.22. The molecule has 3 aliphatic rings. The van der Waals surface area contributed by atoms with E-state index in [0.29, 0.717) is 77.6 Å². The van der Waals surface area contributed by atoms with Crippen molar-refractivity contribution in [2.75, 3.05) is 64.7 Å². The Bertz CT molecular complexity index is 1450. The molecule has 2 aromatic carbocycles. The van der Waals surface area contributed by atoms with Crippen molar-refractivity contribution in [2.24, 2.45) is 0 Å². The minimum absolute atomic E-state index is 0.0775. The highest BCUT2D eigenvalue weighted by Gasteiger charge is 2.28. The van der Waals surface area contributed by atoms with Crippen LogP contribution in [0.4, 0.5) is 5.13 Å². The van der Waals surface area contributed by atoms with Gasteiger partial charge in [0.15, 0.2) is 16.6 Å². The largest absolute Gasteiger partial charge is 0.491 e. The summed E-state index contributed by atoms with van der Waals surface area (Å²) >= 11 is 1.22. The van der Waals surface area contributed by atoms with Crippen LogP contribution in [0, 0.1) is 0 Å². The number of aromatic nitrogens is 1. The molecule has 3 aliphatic heterocycles. The molecule has 2 fully saturated rings. The highest BCUT2D eigenvalue weighted by atomic mass is 32.2. The van der Waals surface area contributed by atoms with E-state index in [1.807, 2.05) is 0 Å². The van der Waals surface area contributed by atoms with Crippen molar-refractivity contribution in [3.63, 3.8) is 0 Å². The lowest BCUT2D eigenvalue weighted by Gasteiger charge is -2.26. The molecule has 0 aliphatic carbocycles. The number of hydrogen-bond acceptors (Lipinski definition) is 10. The molecule has 3 aromatic rings. The third-order valence-electron chi connectivity index (χ3n) is 6.77. The van der Waals surface area contributed by atoms with Crippen LogP contribution in [0.25, 0.3) is 10.2 Å². The molecule has 11 nitrogen and oxygen atoms in total. The number of hydrogen-bond donors (Lipinski definition) is 1. The van der Waals surface area contributed by atoms with Crippen LogP contribution in [-0.2, 0) is 14.8 Å². The van der Waals surface area contributed by atoms with E-state index in [1.54, 1.807) is 30.3 Å². The van der Waals surface area contributed by atoms with E-state index in [9.17, 15) is 13.2 Å². The van der Waals surface area contributed by atoms with Gasteiger partial charge in [-0.3, -0.25) is 15.0 Å². The number of nitrogens with one attached hydrogen (secondary N) is 1. The maximum Gasteiger partial charge on any atom is 0.261 e. The molecule has 0 saturated carbocycles. The predicted octanol–water partition coefficient (Wildman–Crippen LogP) is 2.77. The van der Waals surface area contributed by atoms with Crippen molar-refractivity contribution in [3.8, 4) is 17.2 Å². The highest BCUT2D eigenvalue weighted by molar-refractivity contribution is 7.89. The normalized spacial score (nSPS) is 18.2. The summed E-state index contributed by atoms with van der Waals surface area (Å²) in [6.45, 7) is 5.35. The number of fused-ring (bicyclic) bond motifs is 2. The third kappa shape index (κ3) is 5.16. The lowest BCUT2D eigenvalue weighted by Crippen LogP contribution is -2.38. The molecule has 0 radical (unpaired) electrons. The summed E-state index contributed by atoms with van der Waals surface area (Å²) in [5.41, 5.74) is 0.908. The molecule has 2 saturated heterocycles. The first-order chi connectivity index (χ1) is 18.5. The Balaban J connectivity index is 1.20. The van der Waals surface area contributed by atoms with Crippen molar-refractivity contribution >= 4 is 42.6 Å². The van der Waals surface area contributed by atoms with Gasteiger partial charge in [-0.05, 0) is 31.0 Å². The molecule has 1 aromatic heterocycles. The van der Waals surface area contributed by atoms with Gasteiger partial charge < -0.3 is 18.9 Å². The fourth-order valence-electron chi connectivity index (χ4n) is 4.69. The van der Waals surface area contributed by atoms with Gasteiger partial charge in [0, 0.05) is 44.9 Å². The van der Waals surface area contributed by atoms with E-state index in [0.717, 1.165) is 25.9 Å². The number of benzene rings is 2. The van der Waals surface area contributed by atoms with Crippen molar-refractivity contribution in [1.82, 2.24) is 14.2 Å².